The number of carbonyl (C=O) groups is 1. The summed E-state index contributed by atoms with van der Waals surface area (Å²) in [5.41, 5.74) is 2.03. The van der Waals surface area contributed by atoms with Crippen LogP contribution in [0.1, 0.15) is 35.9 Å². The van der Waals surface area contributed by atoms with E-state index in [-0.39, 0.29) is 36.0 Å². The second-order valence-electron chi connectivity index (χ2n) is 8.87. The van der Waals surface area contributed by atoms with Crippen LogP contribution < -0.4 is 4.74 Å². The smallest absolute Gasteiger partial charge is 0.243 e. The predicted molar refractivity (Wildman–Crippen MR) is 140 cm³/mol. The summed E-state index contributed by atoms with van der Waals surface area (Å²) < 4.78 is 34.1. The standard InChI is InChI=1S/C26H29ClN2O4S2/c1-18(2)29(35(31,32)22-10-4-19(3)5-11-22)16-26(30)28-14-12-25-23(13-15-34-25)24(28)17-33-21-8-6-20(27)7-9-21/h4-11,13,15,18,24H,12,14,16-17H2,1-3H3/t24-/m0/s1. The molecule has 186 valence electrons. The van der Waals surface area contributed by atoms with E-state index in [2.05, 4.69) is 0 Å². The fraction of sp³-hybridized carbons (Fsp3) is 0.346. The number of hydrogen-bond donors (Lipinski definition) is 0. The van der Waals surface area contributed by atoms with E-state index in [9.17, 15) is 13.2 Å². The number of nitrogens with zero attached hydrogens (tertiary/aromatic N) is 2. The molecule has 0 fully saturated rings. The van der Waals surface area contributed by atoms with Crippen molar-refractivity contribution in [2.45, 2.75) is 44.2 Å². The molecule has 1 amide bonds. The first kappa shape index (κ1) is 25.7. The van der Waals surface area contributed by atoms with Gasteiger partial charge in [-0.1, -0.05) is 29.3 Å². The summed E-state index contributed by atoms with van der Waals surface area (Å²) in [5.74, 6) is 0.422. The van der Waals surface area contributed by atoms with E-state index in [1.165, 1.54) is 9.18 Å². The van der Waals surface area contributed by atoms with Gasteiger partial charge >= 0.3 is 0 Å². The third-order valence-corrected chi connectivity index (χ3v) is 9.42. The van der Waals surface area contributed by atoms with Crippen LogP contribution >= 0.6 is 22.9 Å². The van der Waals surface area contributed by atoms with Gasteiger partial charge < -0.3 is 9.64 Å². The monoisotopic (exact) mass is 532 g/mol. The number of rotatable bonds is 8. The molecule has 1 aliphatic heterocycles. The highest BCUT2D eigenvalue weighted by molar-refractivity contribution is 7.89. The van der Waals surface area contributed by atoms with Gasteiger partial charge in [-0.2, -0.15) is 4.31 Å². The molecule has 35 heavy (non-hydrogen) atoms. The summed E-state index contributed by atoms with van der Waals surface area (Å²) in [7, 11) is -3.83. The molecule has 0 N–H and O–H groups in total. The fourth-order valence-electron chi connectivity index (χ4n) is 4.20. The number of fused-ring (bicyclic) bond motifs is 1. The molecule has 9 heteroatoms. The number of hydrogen-bond acceptors (Lipinski definition) is 5. The van der Waals surface area contributed by atoms with Crippen molar-refractivity contribution in [1.82, 2.24) is 9.21 Å². The minimum absolute atomic E-state index is 0.186. The molecule has 2 aromatic carbocycles. The SMILES string of the molecule is Cc1ccc(S(=O)(=O)N(CC(=O)N2CCc3sccc3[C@@H]2COc2ccc(Cl)cc2)C(C)C)cc1. The number of thiophene rings is 1. The Labute approximate surface area is 216 Å². The van der Waals surface area contributed by atoms with Crippen LogP contribution in [0.2, 0.25) is 5.02 Å². The number of benzene rings is 2. The molecule has 4 rings (SSSR count). The van der Waals surface area contributed by atoms with Gasteiger partial charge in [-0.25, -0.2) is 8.42 Å². The van der Waals surface area contributed by atoms with E-state index in [1.54, 1.807) is 78.6 Å². The van der Waals surface area contributed by atoms with E-state index >= 15 is 0 Å². The average molecular weight is 533 g/mol. The second kappa shape index (κ2) is 10.7. The van der Waals surface area contributed by atoms with Crippen LogP contribution in [-0.4, -0.2) is 49.3 Å². The lowest BCUT2D eigenvalue weighted by molar-refractivity contribution is -0.135. The summed E-state index contributed by atoms with van der Waals surface area (Å²) in [6, 6.07) is 15.2. The van der Waals surface area contributed by atoms with Gasteiger partial charge in [0, 0.05) is 22.5 Å². The Hall–Kier alpha value is -2.39. The molecule has 0 aliphatic carbocycles. The summed E-state index contributed by atoms with van der Waals surface area (Å²) in [6.07, 6.45) is 0.739. The summed E-state index contributed by atoms with van der Waals surface area (Å²) in [6.45, 7) is 6.02. The zero-order valence-corrected chi connectivity index (χ0v) is 22.4. The van der Waals surface area contributed by atoms with E-state index in [1.807, 2.05) is 18.4 Å². The molecule has 2 heterocycles. The van der Waals surface area contributed by atoms with E-state index < -0.39 is 10.0 Å². The lowest BCUT2D eigenvalue weighted by Gasteiger charge is -2.37. The van der Waals surface area contributed by atoms with Crippen molar-refractivity contribution in [3.8, 4) is 5.75 Å². The third kappa shape index (κ3) is 5.72. The van der Waals surface area contributed by atoms with Gasteiger partial charge in [-0.15, -0.1) is 11.3 Å². The van der Waals surface area contributed by atoms with Crippen LogP contribution in [0.15, 0.2) is 64.9 Å². The van der Waals surface area contributed by atoms with E-state index in [4.69, 9.17) is 16.3 Å². The summed E-state index contributed by atoms with van der Waals surface area (Å²) >= 11 is 7.65. The van der Waals surface area contributed by atoms with Crippen molar-refractivity contribution in [2.24, 2.45) is 0 Å². The lowest BCUT2D eigenvalue weighted by atomic mass is 10.0. The number of ether oxygens (including phenoxy) is 1. The van der Waals surface area contributed by atoms with Gasteiger partial charge in [0.15, 0.2) is 0 Å². The van der Waals surface area contributed by atoms with E-state index in [0.717, 1.165) is 17.5 Å². The maximum Gasteiger partial charge on any atom is 0.243 e. The first-order valence-electron chi connectivity index (χ1n) is 11.5. The van der Waals surface area contributed by atoms with Crippen molar-refractivity contribution in [1.29, 1.82) is 0 Å². The van der Waals surface area contributed by atoms with Crippen molar-refractivity contribution < 1.29 is 17.9 Å². The molecule has 0 unspecified atom stereocenters. The minimum atomic E-state index is -3.83. The normalized spacial score (nSPS) is 15.9. The van der Waals surface area contributed by atoms with Gasteiger partial charge in [0.2, 0.25) is 15.9 Å². The number of aryl methyl sites for hydroxylation is 1. The predicted octanol–water partition coefficient (Wildman–Crippen LogP) is 5.31. The maximum atomic E-state index is 13.6. The molecule has 0 bridgehead atoms. The molecule has 0 spiro atoms. The van der Waals surface area contributed by atoms with Crippen LogP contribution in [0.5, 0.6) is 5.75 Å². The molecule has 0 saturated heterocycles. The molecule has 1 atom stereocenters. The molecule has 3 aromatic rings. The molecule has 6 nitrogen and oxygen atoms in total. The van der Waals surface area contributed by atoms with Gasteiger partial charge in [-0.05, 0) is 80.6 Å². The molecule has 1 aromatic heterocycles. The molecule has 1 aliphatic rings. The van der Waals surface area contributed by atoms with Crippen molar-refractivity contribution >= 4 is 38.9 Å². The van der Waals surface area contributed by atoms with Crippen LogP contribution in [0.25, 0.3) is 0 Å². The summed E-state index contributed by atoms with van der Waals surface area (Å²) in [5, 5.41) is 2.64. The van der Waals surface area contributed by atoms with Gasteiger partial charge in [0.25, 0.3) is 0 Å². The largest absolute Gasteiger partial charge is 0.491 e. The first-order chi connectivity index (χ1) is 16.7. The number of halogens is 1. The zero-order chi connectivity index (χ0) is 25.2. The first-order valence-corrected chi connectivity index (χ1v) is 14.2. The Morgan fingerprint density at radius 3 is 2.49 bits per heavy atom. The number of amides is 1. The van der Waals surface area contributed by atoms with Crippen molar-refractivity contribution in [2.75, 3.05) is 19.7 Å². The Balaban J connectivity index is 1.56. The second-order valence-corrected chi connectivity index (χ2v) is 12.2. The quantitative estimate of drug-likeness (QED) is 0.394. The van der Waals surface area contributed by atoms with Gasteiger partial charge in [0.1, 0.15) is 12.4 Å². The van der Waals surface area contributed by atoms with E-state index in [0.29, 0.717) is 17.3 Å². The third-order valence-electron chi connectivity index (χ3n) is 6.13. The van der Waals surface area contributed by atoms with Crippen molar-refractivity contribution in [3.63, 3.8) is 0 Å². The highest BCUT2D eigenvalue weighted by Crippen LogP contribution is 2.34. The maximum absolute atomic E-state index is 13.6. The van der Waals surface area contributed by atoms with Crippen LogP contribution in [0, 0.1) is 6.92 Å². The Morgan fingerprint density at radius 1 is 1.14 bits per heavy atom. The van der Waals surface area contributed by atoms with Crippen LogP contribution in [0.3, 0.4) is 0 Å². The Morgan fingerprint density at radius 2 is 1.83 bits per heavy atom. The number of carbonyl (C=O) groups excluding carboxylic acids is 1. The molecular formula is C26H29ClN2O4S2. The average Bonchev–Trinajstić information content (AvgIpc) is 3.31. The fourth-order valence-corrected chi connectivity index (χ4v) is 6.84. The van der Waals surface area contributed by atoms with Gasteiger partial charge in [-0.3, -0.25) is 4.79 Å². The lowest BCUT2D eigenvalue weighted by Crippen LogP contribution is -2.49. The van der Waals surface area contributed by atoms with Gasteiger partial charge in [0.05, 0.1) is 17.5 Å². The molecule has 0 radical (unpaired) electrons. The topological polar surface area (TPSA) is 66.9 Å². The summed E-state index contributed by atoms with van der Waals surface area (Å²) in [4.78, 5) is 16.8. The highest BCUT2D eigenvalue weighted by atomic mass is 35.5. The Kier molecular flexibility index (Phi) is 7.86. The zero-order valence-electron chi connectivity index (χ0n) is 20.0. The van der Waals surface area contributed by atoms with Crippen LogP contribution in [0.4, 0.5) is 0 Å². The Bertz CT molecular complexity index is 1270. The number of sulfonamides is 1. The minimum Gasteiger partial charge on any atom is -0.491 e. The molecule has 0 saturated carbocycles. The highest BCUT2D eigenvalue weighted by Gasteiger charge is 2.36. The molecular weight excluding hydrogens is 504 g/mol. The van der Waals surface area contributed by atoms with Crippen molar-refractivity contribution in [3.05, 3.63) is 81.0 Å². The van der Waals surface area contributed by atoms with Crippen LogP contribution in [-0.2, 0) is 21.2 Å².